The van der Waals surface area contributed by atoms with Gasteiger partial charge >= 0.3 is 0 Å². The van der Waals surface area contributed by atoms with Crippen LogP contribution in [0.2, 0.25) is 0 Å². The number of rotatable bonds is 1. The van der Waals surface area contributed by atoms with Crippen molar-refractivity contribution in [3.05, 3.63) is 11.6 Å². The maximum atomic E-state index is 9.53. The zero-order valence-corrected chi connectivity index (χ0v) is 8.69. The number of fused-ring (bicyclic) bond motifs is 1. The number of nitrogens with zero attached hydrogens (tertiary/aromatic N) is 3. The molecule has 3 rings (SSSR count). The predicted molar refractivity (Wildman–Crippen MR) is 54.3 cm³/mol. The second-order valence-corrected chi connectivity index (χ2v) is 4.41. The minimum absolute atomic E-state index is 0.247. The van der Waals surface area contributed by atoms with Crippen molar-refractivity contribution in [1.29, 1.82) is 0 Å². The van der Waals surface area contributed by atoms with Crippen molar-refractivity contribution in [3.63, 3.8) is 0 Å². The molecule has 2 aliphatic heterocycles. The Kier molecular flexibility index (Phi) is 2.21. The summed E-state index contributed by atoms with van der Waals surface area (Å²) in [7, 11) is 0. The molecule has 0 saturated carbocycles. The summed E-state index contributed by atoms with van der Waals surface area (Å²) in [5, 5.41) is 17.4. The van der Waals surface area contributed by atoms with Crippen molar-refractivity contribution >= 4 is 0 Å². The van der Waals surface area contributed by atoms with Gasteiger partial charge in [0, 0.05) is 6.42 Å². The summed E-state index contributed by atoms with van der Waals surface area (Å²) in [5.41, 5.74) is 0. The first kappa shape index (κ1) is 9.30. The van der Waals surface area contributed by atoms with Crippen LogP contribution in [0.4, 0.5) is 0 Å². The van der Waals surface area contributed by atoms with Crippen LogP contribution in [0.1, 0.15) is 37.0 Å². The number of aromatic nitrogens is 3. The second-order valence-electron chi connectivity index (χ2n) is 4.41. The Bertz CT molecular complexity index is 356. The molecule has 1 aromatic heterocycles. The van der Waals surface area contributed by atoms with E-state index in [1.807, 2.05) is 4.68 Å². The van der Waals surface area contributed by atoms with E-state index in [0.29, 0.717) is 12.6 Å². The molecule has 5 nitrogen and oxygen atoms in total. The van der Waals surface area contributed by atoms with Gasteiger partial charge in [0.1, 0.15) is 5.82 Å². The molecular weight excluding hydrogens is 192 g/mol. The zero-order chi connectivity index (χ0) is 10.3. The molecule has 2 N–H and O–H groups in total. The third kappa shape index (κ3) is 1.66. The Hall–Kier alpha value is -0.940. The van der Waals surface area contributed by atoms with E-state index >= 15 is 0 Å². The maximum absolute atomic E-state index is 9.53. The van der Waals surface area contributed by atoms with Crippen LogP contribution >= 0.6 is 0 Å². The third-order valence-corrected chi connectivity index (χ3v) is 3.22. The lowest BCUT2D eigenvalue weighted by molar-refractivity contribution is 0.124. The van der Waals surface area contributed by atoms with Crippen LogP contribution in [0.15, 0.2) is 0 Å². The summed E-state index contributed by atoms with van der Waals surface area (Å²) in [5.74, 6) is 1.95. The fourth-order valence-electron chi connectivity index (χ4n) is 2.36. The highest BCUT2D eigenvalue weighted by atomic mass is 16.3. The summed E-state index contributed by atoms with van der Waals surface area (Å²) in [4.78, 5) is 4.55. The van der Waals surface area contributed by atoms with Gasteiger partial charge in [-0.05, 0) is 25.8 Å². The molecule has 0 aliphatic carbocycles. The molecule has 1 saturated heterocycles. The number of aliphatic hydroxyl groups is 1. The SMILES string of the molecule is OC1CCc2nc(C3CCCN3)nn2C1. The molecule has 5 heteroatoms. The first-order valence-electron chi connectivity index (χ1n) is 5.68. The van der Waals surface area contributed by atoms with E-state index in [-0.39, 0.29) is 6.10 Å². The smallest absolute Gasteiger partial charge is 0.167 e. The van der Waals surface area contributed by atoms with Crippen molar-refractivity contribution < 1.29 is 5.11 Å². The van der Waals surface area contributed by atoms with Crippen molar-refractivity contribution in [3.8, 4) is 0 Å². The van der Waals surface area contributed by atoms with E-state index in [1.165, 1.54) is 6.42 Å². The molecule has 0 radical (unpaired) electrons. The Balaban J connectivity index is 1.85. The van der Waals surface area contributed by atoms with Crippen LogP contribution in [0.5, 0.6) is 0 Å². The van der Waals surface area contributed by atoms with Gasteiger partial charge in [-0.3, -0.25) is 0 Å². The quantitative estimate of drug-likeness (QED) is 0.682. The van der Waals surface area contributed by atoms with E-state index in [2.05, 4.69) is 15.4 Å². The third-order valence-electron chi connectivity index (χ3n) is 3.22. The summed E-state index contributed by atoms with van der Waals surface area (Å²) in [6.07, 6.45) is 3.75. The van der Waals surface area contributed by atoms with Gasteiger partial charge in [-0.15, -0.1) is 0 Å². The van der Waals surface area contributed by atoms with Gasteiger partial charge < -0.3 is 10.4 Å². The van der Waals surface area contributed by atoms with E-state index in [0.717, 1.165) is 37.5 Å². The lowest BCUT2D eigenvalue weighted by Gasteiger charge is -2.16. The predicted octanol–water partition coefficient (Wildman–Crippen LogP) is 0.00970. The van der Waals surface area contributed by atoms with Crippen LogP contribution < -0.4 is 5.32 Å². The monoisotopic (exact) mass is 208 g/mol. The second kappa shape index (κ2) is 3.57. The first-order valence-corrected chi connectivity index (χ1v) is 5.68. The number of hydrogen-bond acceptors (Lipinski definition) is 4. The van der Waals surface area contributed by atoms with Crippen molar-refractivity contribution in [2.24, 2.45) is 0 Å². The highest BCUT2D eigenvalue weighted by molar-refractivity contribution is 5.02. The van der Waals surface area contributed by atoms with Crippen LogP contribution in [0.3, 0.4) is 0 Å². The fraction of sp³-hybridized carbons (Fsp3) is 0.800. The Morgan fingerprint density at radius 2 is 2.33 bits per heavy atom. The zero-order valence-electron chi connectivity index (χ0n) is 8.69. The molecule has 1 aromatic rings. The van der Waals surface area contributed by atoms with Crippen molar-refractivity contribution in [1.82, 2.24) is 20.1 Å². The van der Waals surface area contributed by atoms with Gasteiger partial charge in [0.2, 0.25) is 0 Å². The van der Waals surface area contributed by atoms with Gasteiger partial charge in [0.15, 0.2) is 5.82 Å². The van der Waals surface area contributed by atoms with Crippen LogP contribution in [-0.4, -0.2) is 32.5 Å². The van der Waals surface area contributed by atoms with Gasteiger partial charge in [0.25, 0.3) is 0 Å². The lowest BCUT2D eigenvalue weighted by atomic mass is 10.1. The first-order chi connectivity index (χ1) is 7.33. The summed E-state index contributed by atoms with van der Waals surface area (Å²) < 4.78 is 1.86. The minimum atomic E-state index is -0.247. The van der Waals surface area contributed by atoms with Crippen LogP contribution in [-0.2, 0) is 13.0 Å². The van der Waals surface area contributed by atoms with Crippen LogP contribution in [0.25, 0.3) is 0 Å². The molecule has 1 fully saturated rings. The number of nitrogens with one attached hydrogen (secondary N) is 1. The average molecular weight is 208 g/mol. The molecule has 3 heterocycles. The Morgan fingerprint density at radius 3 is 3.13 bits per heavy atom. The summed E-state index contributed by atoms with van der Waals surface area (Å²) in [6, 6.07) is 0.334. The maximum Gasteiger partial charge on any atom is 0.167 e. The summed E-state index contributed by atoms with van der Waals surface area (Å²) in [6.45, 7) is 1.67. The highest BCUT2D eigenvalue weighted by Gasteiger charge is 2.25. The Morgan fingerprint density at radius 1 is 1.40 bits per heavy atom. The molecule has 0 bridgehead atoms. The minimum Gasteiger partial charge on any atom is -0.391 e. The Labute approximate surface area is 88.5 Å². The number of hydrogen-bond donors (Lipinski definition) is 2. The highest BCUT2D eigenvalue weighted by Crippen LogP contribution is 2.22. The molecular formula is C10H16N4O. The normalized spacial score (nSPS) is 30.5. The van der Waals surface area contributed by atoms with Crippen molar-refractivity contribution in [2.45, 2.75) is 44.4 Å². The number of aryl methyl sites for hydroxylation is 1. The van der Waals surface area contributed by atoms with E-state index in [4.69, 9.17) is 0 Å². The molecule has 2 aliphatic rings. The lowest BCUT2D eigenvalue weighted by Crippen LogP contribution is -2.25. The molecule has 2 atom stereocenters. The van der Waals surface area contributed by atoms with Gasteiger partial charge in [-0.25, -0.2) is 9.67 Å². The van der Waals surface area contributed by atoms with Gasteiger partial charge in [-0.2, -0.15) is 5.10 Å². The van der Waals surface area contributed by atoms with Gasteiger partial charge in [0.05, 0.1) is 18.7 Å². The topological polar surface area (TPSA) is 63.0 Å². The van der Waals surface area contributed by atoms with Crippen molar-refractivity contribution in [2.75, 3.05) is 6.54 Å². The molecule has 0 spiro atoms. The standard InChI is InChI=1S/C10H16N4O/c15-7-3-4-9-12-10(13-14(9)6-7)8-2-1-5-11-8/h7-8,11,15H,1-6H2. The average Bonchev–Trinajstić information content (AvgIpc) is 2.84. The molecule has 2 unspecified atom stereocenters. The van der Waals surface area contributed by atoms with E-state index in [1.54, 1.807) is 0 Å². The van der Waals surface area contributed by atoms with E-state index < -0.39 is 0 Å². The van der Waals surface area contributed by atoms with Gasteiger partial charge in [-0.1, -0.05) is 0 Å². The molecule has 82 valence electrons. The molecule has 15 heavy (non-hydrogen) atoms. The van der Waals surface area contributed by atoms with E-state index in [9.17, 15) is 5.11 Å². The number of aliphatic hydroxyl groups excluding tert-OH is 1. The molecule has 0 aromatic carbocycles. The largest absolute Gasteiger partial charge is 0.391 e. The molecule has 0 amide bonds. The summed E-state index contributed by atoms with van der Waals surface area (Å²) >= 11 is 0. The fourth-order valence-corrected chi connectivity index (χ4v) is 2.36. The van der Waals surface area contributed by atoms with Crippen LogP contribution in [0, 0.1) is 0 Å².